The van der Waals surface area contributed by atoms with E-state index >= 15 is 0 Å². The second-order valence-corrected chi connectivity index (χ2v) is 5.07. The lowest BCUT2D eigenvalue weighted by atomic mass is 10.1. The van der Waals surface area contributed by atoms with Gasteiger partial charge in [-0.15, -0.1) is 0 Å². The van der Waals surface area contributed by atoms with Crippen LogP contribution in [0.3, 0.4) is 0 Å². The fraction of sp³-hybridized carbons (Fsp3) is 0.0667. The van der Waals surface area contributed by atoms with Crippen LogP contribution in [0, 0.1) is 0 Å². The van der Waals surface area contributed by atoms with Crippen LogP contribution in [-0.2, 0) is 7.05 Å². The molecule has 0 atom stereocenters. The Balaban J connectivity index is 1.98. The maximum atomic E-state index is 11.1. The molecule has 22 heavy (non-hydrogen) atoms. The summed E-state index contributed by atoms with van der Waals surface area (Å²) >= 11 is 0. The quantitative estimate of drug-likeness (QED) is 0.590. The van der Waals surface area contributed by atoms with E-state index in [1.54, 1.807) is 23.1 Å². The first-order chi connectivity index (χ1) is 10.6. The van der Waals surface area contributed by atoms with Crippen LogP contribution in [0.2, 0.25) is 0 Å². The first-order valence-electron chi connectivity index (χ1n) is 6.61. The summed E-state index contributed by atoms with van der Waals surface area (Å²) < 4.78 is 1.72. The van der Waals surface area contributed by atoms with Crippen molar-refractivity contribution in [1.82, 2.24) is 24.7 Å². The van der Waals surface area contributed by atoms with Crippen LogP contribution in [0.4, 0.5) is 0 Å². The van der Waals surface area contributed by atoms with E-state index in [4.69, 9.17) is 5.11 Å². The van der Waals surface area contributed by atoms with E-state index in [2.05, 4.69) is 20.1 Å². The van der Waals surface area contributed by atoms with E-state index in [-0.39, 0.29) is 5.69 Å². The number of aromatic amines is 1. The molecule has 108 valence electrons. The number of hydrogen-bond acceptors (Lipinski definition) is 4. The van der Waals surface area contributed by atoms with Gasteiger partial charge in [-0.1, -0.05) is 0 Å². The smallest absolute Gasteiger partial charge is 0.354 e. The Morgan fingerprint density at radius 1 is 1.14 bits per heavy atom. The van der Waals surface area contributed by atoms with E-state index in [0.29, 0.717) is 5.65 Å². The monoisotopic (exact) mass is 293 g/mol. The highest BCUT2D eigenvalue weighted by Crippen LogP contribution is 2.28. The number of rotatable bonds is 2. The lowest BCUT2D eigenvalue weighted by Gasteiger charge is -1.98. The maximum absolute atomic E-state index is 11.1. The second kappa shape index (κ2) is 4.39. The number of carbonyl (C=O) groups is 1. The molecule has 0 radical (unpaired) electrons. The highest BCUT2D eigenvalue weighted by Gasteiger charge is 2.12. The number of nitrogens with zero attached hydrogens (tertiary/aromatic N) is 4. The summed E-state index contributed by atoms with van der Waals surface area (Å²) in [6.45, 7) is 0. The van der Waals surface area contributed by atoms with Gasteiger partial charge in [-0.25, -0.2) is 14.8 Å². The molecule has 4 aromatic heterocycles. The van der Waals surface area contributed by atoms with Gasteiger partial charge >= 0.3 is 5.97 Å². The number of aryl methyl sites for hydroxylation is 1. The van der Waals surface area contributed by atoms with Gasteiger partial charge in [0.05, 0.1) is 17.9 Å². The topological polar surface area (TPSA) is 96.7 Å². The van der Waals surface area contributed by atoms with Crippen molar-refractivity contribution < 1.29 is 9.90 Å². The zero-order valence-corrected chi connectivity index (χ0v) is 11.6. The lowest BCUT2D eigenvalue weighted by Crippen LogP contribution is -1.98. The first kappa shape index (κ1) is 12.5. The number of carboxylic acid groups (broad SMARTS) is 1. The van der Waals surface area contributed by atoms with Crippen molar-refractivity contribution >= 4 is 27.9 Å². The number of hydrogen-bond donors (Lipinski definition) is 2. The van der Waals surface area contributed by atoms with Gasteiger partial charge in [0.1, 0.15) is 11.3 Å². The molecule has 0 aliphatic heterocycles. The molecular formula is C15H11N5O2. The fourth-order valence-electron chi connectivity index (χ4n) is 2.52. The van der Waals surface area contributed by atoms with Crippen molar-refractivity contribution in [3.63, 3.8) is 0 Å². The third-order valence-electron chi connectivity index (χ3n) is 3.59. The number of aromatic nitrogens is 5. The van der Waals surface area contributed by atoms with Gasteiger partial charge in [0.15, 0.2) is 0 Å². The van der Waals surface area contributed by atoms with E-state index in [9.17, 15) is 4.79 Å². The molecule has 0 saturated carbocycles. The number of H-pyrrole nitrogens is 1. The third kappa shape index (κ3) is 1.83. The summed E-state index contributed by atoms with van der Waals surface area (Å²) in [7, 11) is 1.85. The Morgan fingerprint density at radius 2 is 2.00 bits per heavy atom. The highest BCUT2D eigenvalue weighted by atomic mass is 16.4. The highest BCUT2D eigenvalue weighted by molar-refractivity contribution is 6.08. The van der Waals surface area contributed by atoms with Crippen LogP contribution < -0.4 is 0 Å². The van der Waals surface area contributed by atoms with E-state index in [1.165, 1.54) is 6.20 Å². The summed E-state index contributed by atoms with van der Waals surface area (Å²) in [5.74, 6) is -1.05. The Hall–Kier alpha value is -3.22. The van der Waals surface area contributed by atoms with Crippen molar-refractivity contribution in [2.45, 2.75) is 0 Å². The molecule has 0 unspecified atom stereocenters. The summed E-state index contributed by atoms with van der Waals surface area (Å²) in [5, 5.41) is 14.9. The molecule has 7 heteroatoms. The molecule has 4 rings (SSSR count). The predicted octanol–water partition coefficient (Wildman–Crippen LogP) is 2.21. The molecule has 4 heterocycles. The van der Waals surface area contributed by atoms with Gasteiger partial charge < -0.3 is 10.1 Å². The molecule has 7 nitrogen and oxygen atoms in total. The molecule has 0 spiro atoms. The number of nitrogens with one attached hydrogen (secondary N) is 1. The molecule has 0 aliphatic carbocycles. The van der Waals surface area contributed by atoms with Gasteiger partial charge in [-0.3, -0.25) is 4.68 Å². The summed E-state index contributed by atoms with van der Waals surface area (Å²) in [6, 6.07) is 3.54. The molecule has 2 N–H and O–H groups in total. The summed E-state index contributed by atoms with van der Waals surface area (Å²) in [4.78, 5) is 22.6. The van der Waals surface area contributed by atoms with Crippen LogP contribution >= 0.6 is 0 Å². The summed E-state index contributed by atoms with van der Waals surface area (Å²) in [5.41, 5.74) is 3.36. The average Bonchev–Trinajstić information content (AvgIpc) is 3.09. The molecule has 0 aromatic carbocycles. The molecule has 0 amide bonds. The van der Waals surface area contributed by atoms with Crippen molar-refractivity contribution in [3.05, 3.63) is 42.6 Å². The second-order valence-electron chi connectivity index (χ2n) is 5.07. The molecule has 0 bridgehead atoms. The summed E-state index contributed by atoms with van der Waals surface area (Å²) in [6.07, 6.45) is 6.95. The molecule has 0 fully saturated rings. The van der Waals surface area contributed by atoms with Crippen molar-refractivity contribution in [2.75, 3.05) is 0 Å². The SMILES string of the molecule is Cn1cc(-c2cnc3[nH]c4cnc(C(=O)O)cc4c3c2)cn1. The lowest BCUT2D eigenvalue weighted by molar-refractivity contribution is 0.0691. The van der Waals surface area contributed by atoms with Gasteiger partial charge in [-0.2, -0.15) is 5.10 Å². The van der Waals surface area contributed by atoms with Gasteiger partial charge in [0, 0.05) is 41.3 Å². The number of pyridine rings is 2. The van der Waals surface area contributed by atoms with Crippen molar-refractivity contribution in [3.8, 4) is 11.1 Å². The zero-order valence-electron chi connectivity index (χ0n) is 11.6. The van der Waals surface area contributed by atoms with E-state index < -0.39 is 5.97 Å². The Bertz CT molecular complexity index is 1030. The standard InChI is InChI=1S/C15H11N5O2/c1-20-7-9(5-18-20)8-2-11-10-3-12(15(21)22)16-6-13(10)19-14(11)17-4-8/h2-7H,1H3,(H,17,19)(H,21,22). The molecular weight excluding hydrogens is 282 g/mol. The zero-order chi connectivity index (χ0) is 15.3. The van der Waals surface area contributed by atoms with Crippen LogP contribution in [-0.4, -0.2) is 35.8 Å². The number of fused-ring (bicyclic) bond motifs is 3. The fourth-order valence-corrected chi connectivity index (χ4v) is 2.52. The minimum atomic E-state index is -1.05. The Kier molecular flexibility index (Phi) is 2.50. The minimum Gasteiger partial charge on any atom is -0.477 e. The minimum absolute atomic E-state index is 0.0141. The van der Waals surface area contributed by atoms with Gasteiger partial charge in [0.2, 0.25) is 0 Å². The van der Waals surface area contributed by atoms with Crippen LogP contribution in [0.15, 0.2) is 36.9 Å². The van der Waals surface area contributed by atoms with Crippen LogP contribution in [0.5, 0.6) is 0 Å². The van der Waals surface area contributed by atoms with E-state index in [0.717, 1.165) is 27.4 Å². The predicted molar refractivity (Wildman–Crippen MR) is 80.6 cm³/mol. The molecule has 4 aromatic rings. The average molecular weight is 293 g/mol. The normalized spacial score (nSPS) is 11.3. The van der Waals surface area contributed by atoms with Crippen molar-refractivity contribution in [2.24, 2.45) is 7.05 Å². The first-order valence-corrected chi connectivity index (χ1v) is 6.61. The molecule has 0 aliphatic rings. The van der Waals surface area contributed by atoms with Gasteiger partial charge in [-0.05, 0) is 12.1 Å². The van der Waals surface area contributed by atoms with Crippen LogP contribution in [0.1, 0.15) is 10.5 Å². The Labute approximate surface area is 124 Å². The third-order valence-corrected chi connectivity index (χ3v) is 3.59. The number of aromatic carboxylic acids is 1. The van der Waals surface area contributed by atoms with Gasteiger partial charge in [0.25, 0.3) is 0 Å². The molecule has 0 saturated heterocycles. The Morgan fingerprint density at radius 3 is 2.73 bits per heavy atom. The number of carboxylic acids is 1. The maximum Gasteiger partial charge on any atom is 0.354 e. The van der Waals surface area contributed by atoms with Crippen molar-refractivity contribution in [1.29, 1.82) is 0 Å². The van der Waals surface area contributed by atoms with Crippen LogP contribution in [0.25, 0.3) is 33.1 Å². The van der Waals surface area contributed by atoms with E-state index in [1.807, 2.05) is 19.3 Å². The largest absolute Gasteiger partial charge is 0.477 e.